The quantitative estimate of drug-likeness (QED) is 0.681. The fourth-order valence-electron chi connectivity index (χ4n) is 2.90. The molecule has 0 saturated heterocycles. The summed E-state index contributed by atoms with van der Waals surface area (Å²) in [6, 6.07) is 8.87. The number of hydrogen-bond acceptors (Lipinski definition) is 4. The van der Waals surface area contributed by atoms with Crippen molar-refractivity contribution < 1.29 is 14.8 Å². The molecule has 0 bridgehead atoms. The first-order chi connectivity index (χ1) is 9.80. The summed E-state index contributed by atoms with van der Waals surface area (Å²) >= 11 is 0. The summed E-state index contributed by atoms with van der Waals surface area (Å²) in [5.74, 6) is -0.892. The molecule has 0 heterocycles. The molecule has 1 aromatic carbocycles. The Morgan fingerprint density at radius 2 is 1.90 bits per heavy atom. The Labute approximate surface area is 123 Å². The molecule has 1 aliphatic rings. The van der Waals surface area contributed by atoms with E-state index in [0.717, 1.165) is 0 Å². The van der Waals surface area contributed by atoms with E-state index in [1.165, 1.54) is 0 Å². The molecule has 0 amide bonds. The molecular formula is C16H19NO4. The molecule has 1 unspecified atom stereocenters. The number of nitrogens with zero attached hydrogens (tertiary/aromatic N) is 1. The summed E-state index contributed by atoms with van der Waals surface area (Å²) in [6.45, 7) is 3.42. The van der Waals surface area contributed by atoms with Gasteiger partial charge in [0.05, 0.1) is 5.92 Å². The van der Waals surface area contributed by atoms with Crippen molar-refractivity contribution in [3.05, 3.63) is 57.3 Å². The Morgan fingerprint density at radius 1 is 1.29 bits per heavy atom. The van der Waals surface area contributed by atoms with Crippen LogP contribution >= 0.6 is 0 Å². The second-order valence-electron chi connectivity index (χ2n) is 6.28. The van der Waals surface area contributed by atoms with Gasteiger partial charge in [0, 0.05) is 23.3 Å². The Balaban J connectivity index is 2.46. The van der Waals surface area contributed by atoms with Crippen molar-refractivity contribution in [1.82, 2.24) is 0 Å². The zero-order chi connectivity index (χ0) is 15.6. The molecule has 2 rings (SSSR count). The highest BCUT2D eigenvalue weighted by Crippen LogP contribution is 2.40. The molecule has 1 N–H and O–H groups in total. The molecule has 112 valence electrons. The predicted molar refractivity (Wildman–Crippen MR) is 78.7 cm³/mol. The number of rotatable bonds is 4. The molecular weight excluding hydrogens is 270 g/mol. The molecule has 5 nitrogen and oxygen atoms in total. The van der Waals surface area contributed by atoms with Crippen molar-refractivity contribution in [2.24, 2.45) is 5.41 Å². The van der Waals surface area contributed by atoms with E-state index in [-0.39, 0.29) is 22.5 Å². The molecule has 0 aliphatic heterocycles. The van der Waals surface area contributed by atoms with Crippen LogP contribution in [0.2, 0.25) is 0 Å². The zero-order valence-electron chi connectivity index (χ0n) is 12.2. The first-order valence-corrected chi connectivity index (χ1v) is 6.92. The van der Waals surface area contributed by atoms with Crippen LogP contribution in [0.1, 0.15) is 38.2 Å². The van der Waals surface area contributed by atoms with E-state index in [0.29, 0.717) is 18.4 Å². The first-order valence-electron chi connectivity index (χ1n) is 6.92. The van der Waals surface area contributed by atoms with E-state index in [1.807, 2.05) is 19.9 Å². The lowest BCUT2D eigenvalue weighted by molar-refractivity contribution is -0.481. The molecule has 0 fully saturated rings. The van der Waals surface area contributed by atoms with Gasteiger partial charge in [-0.1, -0.05) is 44.2 Å². The fourth-order valence-corrected chi connectivity index (χ4v) is 2.90. The van der Waals surface area contributed by atoms with Crippen LogP contribution in [0.3, 0.4) is 0 Å². The summed E-state index contributed by atoms with van der Waals surface area (Å²) in [7, 11) is 0. The van der Waals surface area contributed by atoms with Gasteiger partial charge in [-0.15, -0.1) is 0 Å². The monoisotopic (exact) mass is 289 g/mol. The third kappa shape index (κ3) is 3.48. The maximum atomic E-state index is 12.4. The minimum atomic E-state index is -0.690. The van der Waals surface area contributed by atoms with Crippen LogP contribution in [0, 0.1) is 15.5 Å². The van der Waals surface area contributed by atoms with Gasteiger partial charge in [-0.2, -0.15) is 0 Å². The Kier molecular flexibility index (Phi) is 4.11. The highest BCUT2D eigenvalue weighted by atomic mass is 16.6. The van der Waals surface area contributed by atoms with Crippen LogP contribution in [0.15, 0.2) is 41.7 Å². The number of aliphatic hydroxyl groups excluding tert-OH is 1. The second-order valence-corrected chi connectivity index (χ2v) is 6.28. The molecule has 0 radical (unpaired) electrons. The van der Waals surface area contributed by atoms with E-state index in [2.05, 4.69) is 0 Å². The van der Waals surface area contributed by atoms with E-state index < -0.39 is 17.4 Å². The van der Waals surface area contributed by atoms with Crippen LogP contribution in [0.25, 0.3) is 0 Å². The van der Waals surface area contributed by atoms with Crippen molar-refractivity contribution in [3.8, 4) is 0 Å². The molecule has 21 heavy (non-hydrogen) atoms. The van der Waals surface area contributed by atoms with Crippen molar-refractivity contribution >= 4 is 5.78 Å². The van der Waals surface area contributed by atoms with E-state index in [9.17, 15) is 20.0 Å². The number of allylic oxidation sites excluding steroid dienone is 1. The number of hydrogen-bond donors (Lipinski definition) is 1. The summed E-state index contributed by atoms with van der Waals surface area (Å²) in [5, 5.41) is 21.2. The SMILES string of the molecule is CC1(C)CC(=O)C(C(C[N+](=O)[O-])c2ccccc2)=C(O)C1. The van der Waals surface area contributed by atoms with Gasteiger partial charge in [-0.05, 0) is 11.0 Å². The van der Waals surface area contributed by atoms with E-state index >= 15 is 0 Å². The van der Waals surface area contributed by atoms with Gasteiger partial charge in [0.15, 0.2) is 5.78 Å². The van der Waals surface area contributed by atoms with Crippen molar-refractivity contribution in [1.29, 1.82) is 0 Å². The number of Topliss-reactive ketones (excluding diaryl/α,β-unsaturated/α-hetero) is 1. The summed E-state index contributed by atoms with van der Waals surface area (Å²) in [5.41, 5.74) is 0.585. The first kappa shape index (κ1) is 15.2. The van der Waals surface area contributed by atoms with Gasteiger partial charge in [0.2, 0.25) is 6.54 Å². The Hall–Kier alpha value is -2.17. The standard InChI is InChI=1S/C16H19NO4/c1-16(2)8-13(18)15(14(19)9-16)12(10-17(20)21)11-6-4-3-5-7-11/h3-7,12,18H,8-10H2,1-2H3. The average molecular weight is 289 g/mol. The van der Waals surface area contributed by atoms with Crippen LogP contribution in [0.4, 0.5) is 0 Å². The van der Waals surface area contributed by atoms with Crippen LogP contribution < -0.4 is 0 Å². The second kappa shape index (κ2) is 5.68. The maximum Gasteiger partial charge on any atom is 0.214 e. The lowest BCUT2D eigenvalue weighted by atomic mass is 9.72. The lowest BCUT2D eigenvalue weighted by Gasteiger charge is -2.31. The van der Waals surface area contributed by atoms with Gasteiger partial charge in [-0.3, -0.25) is 14.9 Å². The smallest absolute Gasteiger partial charge is 0.214 e. The molecule has 0 aromatic heterocycles. The number of ketones is 1. The summed E-state index contributed by atoms with van der Waals surface area (Å²) < 4.78 is 0. The van der Waals surface area contributed by atoms with E-state index in [1.54, 1.807) is 24.3 Å². The average Bonchev–Trinajstić information content (AvgIpc) is 2.36. The minimum absolute atomic E-state index is 0.00745. The third-order valence-corrected chi connectivity index (χ3v) is 3.78. The molecule has 1 aromatic rings. The molecule has 1 atom stereocenters. The van der Waals surface area contributed by atoms with Crippen molar-refractivity contribution in [2.45, 2.75) is 32.6 Å². The molecule has 0 saturated carbocycles. The van der Waals surface area contributed by atoms with Gasteiger partial charge in [0.25, 0.3) is 0 Å². The lowest BCUT2D eigenvalue weighted by Crippen LogP contribution is -2.30. The molecule has 0 spiro atoms. The van der Waals surface area contributed by atoms with Crippen LogP contribution in [-0.4, -0.2) is 22.4 Å². The highest BCUT2D eigenvalue weighted by molar-refractivity contribution is 5.98. The van der Waals surface area contributed by atoms with E-state index in [4.69, 9.17) is 0 Å². The summed E-state index contributed by atoms with van der Waals surface area (Å²) in [6.07, 6.45) is 0.669. The number of benzene rings is 1. The Morgan fingerprint density at radius 3 is 2.43 bits per heavy atom. The zero-order valence-corrected chi connectivity index (χ0v) is 12.2. The topological polar surface area (TPSA) is 80.4 Å². The fraction of sp³-hybridized carbons (Fsp3) is 0.438. The number of carbonyl (C=O) groups excluding carboxylic acids is 1. The highest BCUT2D eigenvalue weighted by Gasteiger charge is 2.38. The number of aliphatic hydroxyl groups is 1. The molecule has 1 aliphatic carbocycles. The van der Waals surface area contributed by atoms with Gasteiger partial charge < -0.3 is 5.11 Å². The van der Waals surface area contributed by atoms with Crippen LogP contribution in [0.5, 0.6) is 0 Å². The van der Waals surface area contributed by atoms with Gasteiger partial charge in [0.1, 0.15) is 5.76 Å². The number of carbonyl (C=O) groups is 1. The summed E-state index contributed by atoms with van der Waals surface area (Å²) in [4.78, 5) is 22.9. The predicted octanol–water partition coefficient (Wildman–Crippen LogP) is 3.25. The minimum Gasteiger partial charge on any atom is -0.512 e. The number of nitro groups is 1. The van der Waals surface area contributed by atoms with Crippen LogP contribution in [-0.2, 0) is 4.79 Å². The Bertz CT molecular complexity index is 590. The van der Waals surface area contributed by atoms with Gasteiger partial charge in [-0.25, -0.2) is 0 Å². The van der Waals surface area contributed by atoms with Crippen molar-refractivity contribution in [3.63, 3.8) is 0 Å². The third-order valence-electron chi connectivity index (χ3n) is 3.78. The van der Waals surface area contributed by atoms with Gasteiger partial charge >= 0.3 is 0 Å². The largest absolute Gasteiger partial charge is 0.512 e. The maximum absolute atomic E-state index is 12.4. The normalized spacial score (nSPS) is 19.4. The molecule has 5 heteroatoms. The van der Waals surface area contributed by atoms with Crippen molar-refractivity contribution in [2.75, 3.05) is 6.54 Å².